The zero-order valence-corrected chi connectivity index (χ0v) is 18.4. The number of pyridine rings is 1. The van der Waals surface area contributed by atoms with Crippen molar-refractivity contribution >= 4 is 23.3 Å². The molecule has 31 heavy (non-hydrogen) atoms. The largest absolute Gasteiger partial charge is 0.478 e. The number of aryl methyl sites for hydroxylation is 1. The van der Waals surface area contributed by atoms with Crippen molar-refractivity contribution in [2.45, 2.75) is 38.8 Å². The van der Waals surface area contributed by atoms with Crippen molar-refractivity contribution in [3.63, 3.8) is 0 Å². The minimum atomic E-state index is -0.940. The Kier molecular flexibility index (Phi) is 6.04. The van der Waals surface area contributed by atoms with E-state index in [1.807, 2.05) is 37.3 Å². The van der Waals surface area contributed by atoms with Gasteiger partial charge in [-0.3, -0.25) is 4.98 Å². The lowest BCUT2D eigenvalue weighted by atomic mass is 10.0. The third-order valence-electron chi connectivity index (χ3n) is 5.61. The number of hydrogen-bond donors (Lipinski definition) is 2. The Morgan fingerprint density at radius 3 is 2.77 bits per heavy atom. The maximum absolute atomic E-state index is 11.2. The van der Waals surface area contributed by atoms with Crippen molar-refractivity contribution in [2.24, 2.45) is 0 Å². The number of aromatic carboxylic acids is 1. The average Bonchev–Trinajstić information content (AvgIpc) is 3.37. The van der Waals surface area contributed by atoms with Crippen LogP contribution in [0.4, 0.5) is 0 Å². The van der Waals surface area contributed by atoms with Crippen LogP contribution in [-0.4, -0.2) is 32.6 Å². The highest BCUT2D eigenvalue weighted by Crippen LogP contribution is 2.40. The van der Waals surface area contributed by atoms with Gasteiger partial charge in [-0.2, -0.15) is 0 Å². The van der Waals surface area contributed by atoms with Crippen LogP contribution < -0.4 is 5.32 Å². The Balaban J connectivity index is 1.71. The van der Waals surface area contributed by atoms with E-state index >= 15 is 0 Å². The molecule has 1 fully saturated rings. The molecule has 0 saturated carbocycles. The highest BCUT2D eigenvalue weighted by Gasteiger charge is 2.41. The Morgan fingerprint density at radius 1 is 1.26 bits per heavy atom. The van der Waals surface area contributed by atoms with Gasteiger partial charge in [0.25, 0.3) is 0 Å². The normalized spacial score (nSPS) is 18.3. The maximum atomic E-state index is 11.2. The summed E-state index contributed by atoms with van der Waals surface area (Å²) < 4.78 is 6.33. The first-order valence-corrected chi connectivity index (χ1v) is 10.8. The Hall–Kier alpha value is -3.19. The fourth-order valence-corrected chi connectivity index (χ4v) is 4.35. The number of benzene rings is 1. The molecule has 0 radical (unpaired) electrons. The van der Waals surface area contributed by atoms with E-state index in [0.29, 0.717) is 10.9 Å². The molecule has 0 spiro atoms. The van der Waals surface area contributed by atoms with Crippen LogP contribution in [0.25, 0.3) is 11.3 Å². The number of carboxylic acids is 1. The van der Waals surface area contributed by atoms with Crippen LogP contribution in [0.3, 0.4) is 0 Å². The van der Waals surface area contributed by atoms with Gasteiger partial charge >= 0.3 is 5.97 Å². The van der Waals surface area contributed by atoms with Gasteiger partial charge in [0.1, 0.15) is 17.6 Å². The lowest BCUT2D eigenvalue weighted by Gasteiger charge is -2.25. The molecule has 7 heteroatoms. The van der Waals surface area contributed by atoms with E-state index in [4.69, 9.17) is 16.6 Å². The highest BCUT2D eigenvalue weighted by molar-refractivity contribution is 7.80. The van der Waals surface area contributed by atoms with Crippen LogP contribution in [0.5, 0.6) is 0 Å². The van der Waals surface area contributed by atoms with E-state index in [1.165, 1.54) is 0 Å². The summed E-state index contributed by atoms with van der Waals surface area (Å²) in [5.41, 5.74) is 2.90. The third-order valence-corrected chi connectivity index (χ3v) is 5.96. The molecule has 3 aromatic rings. The Bertz CT molecular complexity index is 1100. The maximum Gasteiger partial charge on any atom is 0.335 e. The van der Waals surface area contributed by atoms with Crippen LogP contribution in [0.1, 0.15) is 59.2 Å². The Morgan fingerprint density at radius 2 is 2.10 bits per heavy atom. The summed E-state index contributed by atoms with van der Waals surface area (Å²) in [7, 11) is 0. The van der Waals surface area contributed by atoms with Crippen molar-refractivity contribution in [3.05, 3.63) is 77.3 Å². The molecule has 6 nitrogen and oxygen atoms in total. The fraction of sp³-hybridized carbons (Fsp3) is 0.292. The minimum Gasteiger partial charge on any atom is -0.478 e. The number of thiocarbonyl (C=S) groups is 1. The number of rotatable bonds is 7. The second-order valence-electron chi connectivity index (χ2n) is 7.71. The van der Waals surface area contributed by atoms with Crippen LogP contribution >= 0.6 is 12.2 Å². The summed E-state index contributed by atoms with van der Waals surface area (Å²) in [5.74, 6) is 0.568. The number of nitrogens with zero attached hydrogens (tertiary/aromatic N) is 2. The molecule has 0 amide bonds. The fourth-order valence-electron chi connectivity index (χ4n) is 4.01. The number of carboxylic acid groups (broad SMARTS) is 1. The van der Waals surface area contributed by atoms with Gasteiger partial charge in [0, 0.05) is 18.3 Å². The molecule has 4 rings (SSSR count). The van der Waals surface area contributed by atoms with E-state index in [9.17, 15) is 9.90 Å². The SMILES string of the molecule is CCCCN1C(=S)N[C@H](c2ccccn2)[C@@H]1c1ccc(-c2ccc(C(=O)O)cc2C)o1. The number of nitrogens with one attached hydrogen (secondary N) is 1. The van der Waals surface area contributed by atoms with Crippen molar-refractivity contribution < 1.29 is 14.3 Å². The number of hydrogen-bond acceptors (Lipinski definition) is 4. The van der Waals surface area contributed by atoms with Gasteiger partial charge in [-0.15, -0.1) is 0 Å². The topological polar surface area (TPSA) is 78.6 Å². The predicted octanol–water partition coefficient (Wildman–Crippen LogP) is 5.12. The van der Waals surface area contributed by atoms with Crippen molar-refractivity contribution in [3.8, 4) is 11.3 Å². The van der Waals surface area contributed by atoms with Crippen LogP contribution in [0.2, 0.25) is 0 Å². The average molecular weight is 436 g/mol. The molecule has 1 aliphatic rings. The molecular weight excluding hydrogens is 410 g/mol. The van der Waals surface area contributed by atoms with Crippen LogP contribution in [0.15, 0.2) is 59.1 Å². The zero-order chi connectivity index (χ0) is 22.0. The molecule has 1 saturated heterocycles. The zero-order valence-electron chi connectivity index (χ0n) is 17.5. The molecule has 1 aromatic carbocycles. The summed E-state index contributed by atoms with van der Waals surface area (Å²) in [4.78, 5) is 18.0. The van der Waals surface area contributed by atoms with Crippen molar-refractivity contribution in [1.29, 1.82) is 0 Å². The molecule has 3 heterocycles. The number of furan rings is 1. The van der Waals surface area contributed by atoms with Crippen LogP contribution in [-0.2, 0) is 0 Å². The first kappa shape index (κ1) is 21.1. The van der Waals surface area contributed by atoms with Crippen molar-refractivity contribution in [2.75, 3.05) is 6.54 Å². The van der Waals surface area contributed by atoms with Gasteiger partial charge < -0.3 is 19.7 Å². The Labute approximate surface area is 186 Å². The molecule has 2 N–H and O–H groups in total. The second kappa shape index (κ2) is 8.89. The smallest absolute Gasteiger partial charge is 0.335 e. The molecule has 2 aromatic heterocycles. The first-order valence-electron chi connectivity index (χ1n) is 10.4. The summed E-state index contributed by atoms with van der Waals surface area (Å²) in [6, 6.07) is 14.6. The standard InChI is InChI=1S/C24H25N3O3S/c1-3-4-13-27-22(21(26-24(27)31)18-7-5-6-12-25-18)20-11-10-19(30-20)17-9-8-16(23(28)29)14-15(17)2/h5-12,14,21-22H,3-4,13H2,1-2H3,(H,26,31)(H,28,29)/t21-,22+/m1/s1. The van der Waals surface area contributed by atoms with Gasteiger partial charge in [0.05, 0.1) is 17.3 Å². The van der Waals surface area contributed by atoms with Gasteiger partial charge in [0.2, 0.25) is 0 Å². The summed E-state index contributed by atoms with van der Waals surface area (Å²) in [6.07, 6.45) is 3.88. The van der Waals surface area contributed by atoms with Gasteiger partial charge in [0.15, 0.2) is 5.11 Å². The summed E-state index contributed by atoms with van der Waals surface area (Å²) in [6.45, 7) is 4.88. The monoisotopic (exact) mass is 435 g/mol. The third kappa shape index (κ3) is 4.18. The number of unbranched alkanes of at least 4 members (excludes halogenated alkanes) is 1. The van der Waals surface area contributed by atoms with E-state index in [-0.39, 0.29) is 17.6 Å². The van der Waals surface area contributed by atoms with Gasteiger partial charge in [-0.1, -0.05) is 25.5 Å². The first-order chi connectivity index (χ1) is 15.0. The van der Waals surface area contributed by atoms with E-state index < -0.39 is 5.97 Å². The summed E-state index contributed by atoms with van der Waals surface area (Å²) in [5, 5.41) is 13.4. The molecule has 0 unspecified atom stereocenters. The quantitative estimate of drug-likeness (QED) is 0.499. The van der Waals surface area contributed by atoms with Gasteiger partial charge in [-0.25, -0.2) is 4.79 Å². The number of carbonyl (C=O) groups is 1. The van der Waals surface area contributed by atoms with E-state index in [1.54, 1.807) is 24.4 Å². The molecular formula is C24H25N3O3S. The molecule has 160 valence electrons. The number of aromatic nitrogens is 1. The molecule has 1 aliphatic heterocycles. The van der Waals surface area contributed by atoms with Crippen LogP contribution in [0, 0.1) is 6.92 Å². The molecule has 0 aliphatic carbocycles. The van der Waals surface area contributed by atoms with E-state index in [0.717, 1.165) is 42.0 Å². The second-order valence-corrected chi connectivity index (χ2v) is 8.10. The van der Waals surface area contributed by atoms with Crippen molar-refractivity contribution in [1.82, 2.24) is 15.2 Å². The minimum absolute atomic E-state index is 0.110. The van der Waals surface area contributed by atoms with E-state index in [2.05, 4.69) is 22.1 Å². The highest BCUT2D eigenvalue weighted by atomic mass is 32.1. The lowest BCUT2D eigenvalue weighted by molar-refractivity contribution is 0.0697. The van der Waals surface area contributed by atoms with Gasteiger partial charge in [-0.05, 0) is 67.5 Å². The lowest BCUT2D eigenvalue weighted by Crippen LogP contribution is -2.30. The predicted molar refractivity (Wildman–Crippen MR) is 123 cm³/mol. The summed E-state index contributed by atoms with van der Waals surface area (Å²) >= 11 is 5.66. The molecule has 2 atom stereocenters. The molecule has 0 bridgehead atoms.